The van der Waals surface area contributed by atoms with Crippen LogP contribution in [0.15, 0.2) is 18.2 Å². The van der Waals surface area contributed by atoms with Crippen molar-refractivity contribution in [1.29, 1.82) is 5.26 Å². The molecule has 3 rings (SSSR count). The highest BCUT2D eigenvalue weighted by atomic mass is 35.5. The maximum absolute atomic E-state index is 9.15. The summed E-state index contributed by atoms with van der Waals surface area (Å²) in [6, 6.07) is 8.07. The second kappa shape index (κ2) is 5.03. The van der Waals surface area contributed by atoms with Crippen molar-refractivity contribution in [1.82, 2.24) is 5.32 Å². The fraction of sp³-hybridized carbons (Fsp3) is 0.533. The summed E-state index contributed by atoms with van der Waals surface area (Å²) in [5, 5.41) is 17.0. The quantitative estimate of drug-likeness (QED) is 0.871. The van der Waals surface area contributed by atoms with Crippen LogP contribution in [0, 0.1) is 11.3 Å². The molecule has 1 saturated heterocycles. The standard InChI is InChI=1S/C15H18ClN3/c16-12-3-2-11(10-17)14(8-12)19-13-4-7-18-15(9-13)5-1-6-15/h2-3,8,13,18-19H,1,4-7,9H2. The molecular formula is C15H18ClN3. The van der Waals surface area contributed by atoms with E-state index in [0.29, 0.717) is 22.2 Å². The molecule has 1 aromatic rings. The molecule has 1 saturated carbocycles. The number of hydrogen-bond donors (Lipinski definition) is 2. The Labute approximate surface area is 118 Å². The fourth-order valence-corrected chi connectivity index (χ4v) is 3.39. The van der Waals surface area contributed by atoms with Crippen LogP contribution in [0.5, 0.6) is 0 Å². The van der Waals surface area contributed by atoms with Crippen molar-refractivity contribution in [3.63, 3.8) is 0 Å². The van der Waals surface area contributed by atoms with Gasteiger partial charge in [-0.05, 0) is 56.8 Å². The van der Waals surface area contributed by atoms with Gasteiger partial charge in [0.25, 0.3) is 0 Å². The molecule has 2 aliphatic rings. The molecule has 1 aliphatic carbocycles. The number of halogens is 1. The minimum atomic E-state index is 0.362. The van der Waals surface area contributed by atoms with Gasteiger partial charge in [-0.1, -0.05) is 11.6 Å². The van der Waals surface area contributed by atoms with Gasteiger partial charge in [0.2, 0.25) is 0 Å². The third kappa shape index (κ3) is 2.56. The molecule has 4 heteroatoms. The first-order valence-corrected chi connectivity index (χ1v) is 7.30. The molecule has 2 fully saturated rings. The number of rotatable bonds is 2. The third-order valence-electron chi connectivity index (χ3n) is 4.40. The van der Waals surface area contributed by atoms with E-state index >= 15 is 0 Å². The van der Waals surface area contributed by atoms with Crippen LogP contribution in [-0.4, -0.2) is 18.1 Å². The Balaban J connectivity index is 1.74. The van der Waals surface area contributed by atoms with Crippen molar-refractivity contribution in [3.05, 3.63) is 28.8 Å². The zero-order valence-corrected chi connectivity index (χ0v) is 11.6. The van der Waals surface area contributed by atoms with Gasteiger partial charge in [-0.2, -0.15) is 5.26 Å². The molecule has 1 unspecified atom stereocenters. The van der Waals surface area contributed by atoms with Gasteiger partial charge in [0.15, 0.2) is 0 Å². The first-order valence-electron chi connectivity index (χ1n) is 6.92. The average Bonchev–Trinajstić information content (AvgIpc) is 2.37. The van der Waals surface area contributed by atoms with Crippen molar-refractivity contribution >= 4 is 17.3 Å². The molecule has 1 spiro atoms. The number of nitrogens with zero attached hydrogens (tertiary/aromatic N) is 1. The smallest absolute Gasteiger partial charge is 0.101 e. The van der Waals surface area contributed by atoms with Gasteiger partial charge in [0, 0.05) is 16.6 Å². The molecule has 2 N–H and O–H groups in total. The Morgan fingerprint density at radius 3 is 2.95 bits per heavy atom. The Kier molecular flexibility index (Phi) is 3.38. The zero-order chi connectivity index (χ0) is 13.3. The number of hydrogen-bond acceptors (Lipinski definition) is 3. The van der Waals surface area contributed by atoms with E-state index in [9.17, 15) is 0 Å². The van der Waals surface area contributed by atoms with Gasteiger partial charge in [0.1, 0.15) is 6.07 Å². The number of benzene rings is 1. The van der Waals surface area contributed by atoms with Crippen LogP contribution < -0.4 is 10.6 Å². The van der Waals surface area contributed by atoms with Crippen molar-refractivity contribution in [2.24, 2.45) is 0 Å². The Bertz CT molecular complexity index is 517. The fourth-order valence-electron chi connectivity index (χ4n) is 3.22. The summed E-state index contributed by atoms with van der Waals surface area (Å²) in [6.45, 7) is 1.06. The van der Waals surface area contributed by atoms with Gasteiger partial charge in [-0.3, -0.25) is 0 Å². The molecule has 100 valence electrons. The Hall–Kier alpha value is -1.24. The van der Waals surface area contributed by atoms with Gasteiger partial charge in [0.05, 0.1) is 11.3 Å². The van der Waals surface area contributed by atoms with Gasteiger partial charge < -0.3 is 10.6 Å². The molecular weight excluding hydrogens is 258 g/mol. The van der Waals surface area contributed by atoms with Crippen LogP contribution in [0.2, 0.25) is 5.02 Å². The summed E-state index contributed by atoms with van der Waals surface area (Å²) in [7, 11) is 0. The molecule has 1 aliphatic heterocycles. The van der Waals surface area contributed by atoms with Crippen molar-refractivity contribution in [2.45, 2.75) is 43.7 Å². The van der Waals surface area contributed by atoms with Crippen molar-refractivity contribution < 1.29 is 0 Å². The Morgan fingerprint density at radius 2 is 2.26 bits per heavy atom. The van der Waals surface area contributed by atoms with E-state index in [1.807, 2.05) is 6.07 Å². The van der Waals surface area contributed by atoms with E-state index < -0.39 is 0 Å². The van der Waals surface area contributed by atoms with Gasteiger partial charge in [-0.15, -0.1) is 0 Å². The lowest BCUT2D eigenvalue weighted by atomic mass is 9.70. The van der Waals surface area contributed by atoms with Crippen LogP contribution >= 0.6 is 11.6 Å². The highest BCUT2D eigenvalue weighted by molar-refractivity contribution is 6.30. The average molecular weight is 276 g/mol. The predicted octanol–water partition coefficient (Wildman–Crippen LogP) is 3.30. The highest BCUT2D eigenvalue weighted by Crippen LogP contribution is 2.39. The van der Waals surface area contributed by atoms with E-state index in [1.54, 1.807) is 12.1 Å². The lowest BCUT2D eigenvalue weighted by molar-refractivity contribution is 0.135. The summed E-state index contributed by atoms with van der Waals surface area (Å²) < 4.78 is 0. The van der Waals surface area contributed by atoms with E-state index in [0.717, 1.165) is 25.1 Å². The number of nitriles is 1. The lowest BCUT2D eigenvalue weighted by Gasteiger charge is -2.48. The molecule has 0 radical (unpaired) electrons. The second-order valence-electron chi connectivity index (χ2n) is 5.70. The van der Waals surface area contributed by atoms with Crippen LogP contribution in [-0.2, 0) is 0 Å². The van der Waals surface area contributed by atoms with Gasteiger partial charge in [-0.25, -0.2) is 0 Å². The topological polar surface area (TPSA) is 47.9 Å². The highest BCUT2D eigenvalue weighted by Gasteiger charge is 2.40. The monoisotopic (exact) mass is 275 g/mol. The van der Waals surface area contributed by atoms with Crippen molar-refractivity contribution in [3.8, 4) is 6.07 Å². The molecule has 0 amide bonds. The molecule has 3 nitrogen and oxygen atoms in total. The predicted molar refractivity (Wildman–Crippen MR) is 77.4 cm³/mol. The molecule has 19 heavy (non-hydrogen) atoms. The number of anilines is 1. The summed E-state index contributed by atoms with van der Waals surface area (Å²) in [4.78, 5) is 0. The molecule has 1 atom stereocenters. The third-order valence-corrected chi connectivity index (χ3v) is 4.64. The summed E-state index contributed by atoms with van der Waals surface area (Å²) in [6.07, 6.45) is 6.14. The molecule has 1 aromatic carbocycles. The van der Waals surface area contributed by atoms with Gasteiger partial charge >= 0.3 is 0 Å². The molecule has 0 bridgehead atoms. The first kappa shape index (κ1) is 12.8. The molecule has 1 heterocycles. The van der Waals surface area contributed by atoms with Crippen LogP contribution in [0.4, 0.5) is 5.69 Å². The maximum Gasteiger partial charge on any atom is 0.101 e. The zero-order valence-electron chi connectivity index (χ0n) is 10.9. The maximum atomic E-state index is 9.15. The van der Waals surface area contributed by atoms with Crippen molar-refractivity contribution in [2.75, 3.05) is 11.9 Å². The van der Waals surface area contributed by atoms with E-state index in [4.69, 9.17) is 16.9 Å². The largest absolute Gasteiger partial charge is 0.381 e. The normalized spacial score (nSPS) is 24.5. The first-order chi connectivity index (χ1) is 9.21. The summed E-state index contributed by atoms with van der Waals surface area (Å²) in [5.41, 5.74) is 1.91. The number of piperidine rings is 1. The van der Waals surface area contributed by atoms with E-state index in [2.05, 4.69) is 16.7 Å². The van der Waals surface area contributed by atoms with Crippen LogP contribution in [0.3, 0.4) is 0 Å². The molecule has 0 aromatic heterocycles. The van der Waals surface area contributed by atoms with E-state index in [-0.39, 0.29) is 0 Å². The minimum Gasteiger partial charge on any atom is -0.381 e. The van der Waals surface area contributed by atoms with Crippen LogP contribution in [0.25, 0.3) is 0 Å². The summed E-state index contributed by atoms with van der Waals surface area (Å²) in [5.74, 6) is 0. The van der Waals surface area contributed by atoms with Crippen LogP contribution in [0.1, 0.15) is 37.7 Å². The minimum absolute atomic E-state index is 0.362. The lowest BCUT2D eigenvalue weighted by Crippen LogP contribution is -2.58. The number of nitrogens with one attached hydrogen (secondary N) is 2. The van der Waals surface area contributed by atoms with E-state index in [1.165, 1.54) is 19.3 Å². The SMILES string of the molecule is N#Cc1ccc(Cl)cc1NC1CCNC2(CCC2)C1. The Morgan fingerprint density at radius 1 is 1.42 bits per heavy atom. The summed E-state index contributed by atoms with van der Waals surface area (Å²) >= 11 is 6.02. The second-order valence-corrected chi connectivity index (χ2v) is 6.13.